The van der Waals surface area contributed by atoms with E-state index in [1.807, 2.05) is 30.3 Å². The third kappa shape index (κ3) is 3.37. The average Bonchev–Trinajstić information content (AvgIpc) is 3.19. The van der Waals surface area contributed by atoms with E-state index in [1.54, 1.807) is 24.9 Å². The first kappa shape index (κ1) is 15.6. The molecular weight excluding hydrogens is 292 g/mol. The monoisotopic (exact) mass is 314 g/mol. The number of likely N-dealkylation sites (tertiary alicyclic amines) is 1. The number of nitrogens with one attached hydrogen (secondary N) is 2. The van der Waals surface area contributed by atoms with Crippen molar-refractivity contribution in [1.82, 2.24) is 15.1 Å². The number of carbonyl (C=O) groups is 1. The topological polar surface area (TPSA) is 81.2 Å². The van der Waals surface area contributed by atoms with Gasteiger partial charge in [-0.05, 0) is 50.5 Å². The quantitative estimate of drug-likeness (QED) is 0.815. The van der Waals surface area contributed by atoms with E-state index >= 15 is 0 Å². The van der Waals surface area contributed by atoms with Crippen LogP contribution >= 0.6 is 0 Å². The lowest BCUT2D eigenvalue weighted by molar-refractivity contribution is 0.0117. The number of hydrogen-bond donors (Lipinski definition) is 3. The Hall–Kier alpha value is -2.34. The molecule has 2 amide bonds. The van der Waals surface area contributed by atoms with Crippen molar-refractivity contribution in [3.05, 3.63) is 36.5 Å². The Morgan fingerprint density at radius 3 is 2.70 bits per heavy atom. The summed E-state index contributed by atoms with van der Waals surface area (Å²) in [5, 5.41) is 20.0. The van der Waals surface area contributed by atoms with Crippen LogP contribution in [-0.2, 0) is 0 Å². The van der Waals surface area contributed by atoms with E-state index in [0.29, 0.717) is 6.54 Å². The highest BCUT2D eigenvalue weighted by molar-refractivity contribution is 5.90. The summed E-state index contributed by atoms with van der Waals surface area (Å²) in [6, 6.07) is 9.18. The molecule has 1 aromatic carbocycles. The summed E-state index contributed by atoms with van der Waals surface area (Å²) in [6.07, 6.45) is 3.45. The molecule has 122 valence electrons. The zero-order valence-electron chi connectivity index (χ0n) is 13.4. The molecule has 1 aromatic heterocycles. The number of aliphatic hydroxyl groups is 1. The second-order valence-corrected chi connectivity index (χ2v) is 6.48. The maximum absolute atomic E-state index is 12.5. The fourth-order valence-corrected chi connectivity index (χ4v) is 3.09. The lowest BCUT2D eigenvalue weighted by Gasteiger charge is -2.33. The molecule has 0 bridgehead atoms. The summed E-state index contributed by atoms with van der Waals surface area (Å²) >= 11 is 0. The number of hydrogen-bond acceptors (Lipinski definition) is 3. The van der Waals surface area contributed by atoms with Gasteiger partial charge in [-0.1, -0.05) is 12.1 Å². The molecule has 1 aliphatic rings. The van der Waals surface area contributed by atoms with Crippen LogP contribution in [0.5, 0.6) is 0 Å². The van der Waals surface area contributed by atoms with Crippen molar-refractivity contribution in [3.8, 4) is 11.3 Å². The van der Waals surface area contributed by atoms with Crippen LogP contribution < -0.4 is 5.32 Å². The second kappa shape index (κ2) is 6.04. The number of carbonyl (C=O) groups excluding carboxylic acids is 1. The summed E-state index contributed by atoms with van der Waals surface area (Å²) in [6.45, 7) is 4.18. The van der Waals surface area contributed by atoms with Crippen molar-refractivity contribution in [2.24, 2.45) is 0 Å². The predicted octanol–water partition coefficient (Wildman–Crippen LogP) is 2.84. The molecule has 6 nitrogen and oxygen atoms in total. The largest absolute Gasteiger partial charge is 0.388 e. The third-order valence-electron chi connectivity index (χ3n) is 4.28. The zero-order valence-corrected chi connectivity index (χ0v) is 13.4. The van der Waals surface area contributed by atoms with Crippen molar-refractivity contribution in [3.63, 3.8) is 0 Å². The lowest BCUT2D eigenvalue weighted by Crippen LogP contribution is -2.49. The van der Waals surface area contributed by atoms with E-state index in [0.717, 1.165) is 29.8 Å². The van der Waals surface area contributed by atoms with Gasteiger partial charge in [-0.15, -0.1) is 0 Å². The molecule has 3 N–H and O–H groups in total. The number of rotatable bonds is 3. The molecule has 2 heterocycles. The molecule has 6 heteroatoms. The molecule has 1 unspecified atom stereocenters. The Kier molecular flexibility index (Phi) is 4.09. The molecule has 0 radical (unpaired) electrons. The first-order chi connectivity index (χ1) is 10.9. The summed E-state index contributed by atoms with van der Waals surface area (Å²) in [4.78, 5) is 14.2. The van der Waals surface area contributed by atoms with E-state index in [1.165, 1.54) is 0 Å². The van der Waals surface area contributed by atoms with Crippen LogP contribution in [0.1, 0.15) is 26.7 Å². The van der Waals surface area contributed by atoms with E-state index in [2.05, 4.69) is 15.5 Å². The maximum Gasteiger partial charge on any atom is 0.322 e. The van der Waals surface area contributed by atoms with Gasteiger partial charge < -0.3 is 15.3 Å². The Bertz CT molecular complexity index is 659. The Morgan fingerprint density at radius 1 is 1.35 bits per heavy atom. The van der Waals surface area contributed by atoms with Gasteiger partial charge in [0.25, 0.3) is 0 Å². The van der Waals surface area contributed by atoms with E-state index in [9.17, 15) is 9.90 Å². The number of aromatic amines is 1. The van der Waals surface area contributed by atoms with Crippen molar-refractivity contribution in [2.75, 3.05) is 11.9 Å². The third-order valence-corrected chi connectivity index (χ3v) is 4.28. The molecule has 1 aliphatic heterocycles. The van der Waals surface area contributed by atoms with Crippen molar-refractivity contribution < 1.29 is 9.90 Å². The molecule has 1 fully saturated rings. The highest BCUT2D eigenvalue weighted by atomic mass is 16.3. The van der Waals surface area contributed by atoms with Gasteiger partial charge in [0.1, 0.15) is 0 Å². The van der Waals surface area contributed by atoms with Crippen LogP contribution in [0.2, 0.25) is 0 Å². The summed E-state index contributed by atoms with van der Waals surface area (Å²) < 4.78 is 0. The Balaban J connectivity index is 1.68. The van der Waals surface area contributed by atoms with Crippen LogP contribution in [0.4, 0.5) is 10.5 Å². The molecule has 3 rings (SSSR count). The lowest BCUT2D eigenvalue weighted by atomic mass is 9.97. The van der Waals surface area contributed by atoms with Gasteiger partial charge in [0.15, 0.2) is 0 Å². The fourth-order valence-electron chi connectivity index (χ4n) is 3.09. The van der Waals surface area contributed by atoms with Crippen LogP contribution in [0.25, 0.3) is 11.3 Å². The second-order valence-electron chi connectivity index (χ2n) is 6.48. The van der Waals surface area contributed by atoms with E-state index in [4.69, 9.17) is 0 Å². The Morgan fingerprint density at radius 2 is 2.09 bits per heavy atom. The smallest absolute Gasteiger partial charge is 0.322 e. The summed E-state index contributed by atoms with van der Waals surface area (Å²) in [5.41, 5.74) is 1.79. The number of aromatic nitrogens is 2. The minimum Gasteiger partial charge on any atom is -0.388 e. The molecule has 0 aliphatic carbocycles. The SMILES string of the molecule is CC(C)(O)C1CCCN1C(=O)Nc1ccc(-c2ccn[nH]2)cc1. The average molecular weight is 314 g/mol. The van der Waals surface area contributed by atoms with Gasteiger partial charge in [0.2, 0.25) is 0 Å². The van der Waals surface area contributed by atoms with Gasteiger partial charge >= 0.3 is 6.03 Å². The van der Waals surface area contributed by atoms with Crippen LogP contribution in [0.3, 0.4) is 0 Å². The normalized spacial score (nSPS) is 18.2. The molecule has 23 heavy (non-hydrogen) atoms. The number of H-pyrrole nitrogens is 1. The Labute approximate surface area is 135 Å². The zero-order chi connectivity index (χ0) is 16.4. The minimum atomic E-state index is -0.891. The molecular formula is C17H22N4O2. The molecule has 2 aromatic rings. The van der Waals surface area contributed by atoms with Crippen molar-refractivity contribution in [1.29, 1.82) is 0 Å². The van der Waals surface area contributed by atoms with Gasteiger partial charge in [0.05, 0.1) is 17.3 Å². The first-order valence-electron chi connectivity index (χ1n) is 7.85. The number of benzene rings is 1. The van der Waals surface area contributed by atoms with Crippen molar-refractivity contribution in [2.45, 2.75) is 38.3 Å². The van der Waals surface area contributed by atoms with E-state index in [-0.39, 0.29) is 12.1 Å². The number of anilines is 1. The first-order valence-corrected chi connectivity index (χ1v) is 7.85. The molecule has 1 atom stereocenters. The predicted molar refractivity (Wildman–Crippen MR) is 89.1 cm³/mol. The van der Waals surface area contributed by atoms with Crippen molar-refractivity contribution >= 4 is 11.7 Å². The number of amides is 2. The number of urea groups is 1. The molecule has 0 spiro atoms. The molecule has 0 saturated carbocycles. The maximum atomic E-state index is 12.5. The van der Waals surface area contributed by atoms with Gasteiger partial charge in [0, 0.05) is 18.4 Å². The standard InChI is InChI=1S/C17H22N4O2/c1-17(2,23)15-4-3-11-21(15)16(22)19-13-7-5-12(6-8-13)14-9-10-18-20-14/h5-10,15,23H,3-4,11H2,1-2H3,(H,18,20)(H,19,22). The van der Waals surface area contributed by atoms with Crippen LogP contribution in [0.15, 0.2) is 36.5 Å². The van der Waals surface area contributed by atoms with Gasteiger partial charge in [-0.3, -0.25) is 5.10 Å². The summed E-state index contributed by atoms with van der Waals surface area (Å²) in [5.74, 6) is 0. The highest BCUT2D eigenvalue weighted by Crippen LogP contribution is 2.27. The highest BCUT2D eigenvalue weighted by Gasteiger charge is 2.38. The summed E-state index contributed by atoms with van der Waals surface area (Å²) in [7, 11) is 0. The van der Waals surface area contributed by atoms with E-state index < -0.39 is 5.60 Å². The van der Waals surface area contributed by atoms with Crippen LogP contribution in [-0.4, -0.2) is 44.4 Å². The van der Waals surface area contributed by atoms with Crippen LogP contribution in [0, 0.1) is 0 Å². The minimum absolute atomic E-state index is 0.147. The number of nitrogens with zero attached hydrogens (tertiary/aromatic N) is 2. The molecule has 1 saturated heterocycles. The van der Waals surface area contributed by atoms with Gasteiger partial charge in [-0.25, -0.2) is 4.79 Å². The fraction of sp³-hybridized carbons (Fsp3) is 0.412. The van der Waals surface area contributed by atoms with Gasteiger partial charge in [-0.2, -0.15) is 5.10 Å².